The van der Waals surface area contributed by atoms with Crippen molar-refractivity contribution in [3.63, 3.8) is 0 Å². The van der Waals surface area contributed by atoms with Gasteiger partial charge in [-0.05, 0) is 36.2 Å². The van der Waals surface area contributed by atoms with Gasteiger partial charge in [0.15, 0.2) is 5.75 Å². The Kier molecular flexibility index (Phi) is 3.71. The van der Waals surface area contributed by atoms with E-state index < -0.39 is 0 Å². The van der Waals surface area contributed by atoms with Crippen molar-refractivity contribution in [3.8, 4) is 22.6 Å². The van der Waals surface area contributed by atoms with E-state index >= 15 is 0 Å². The molecule has 0 unspecified atom stereocenters. The normalized spacial score (nSPS) is 16.6. The number of nitrogens with two attached hydrogens (primary N) is 1. The molecule has 0 radical (unpaired) electrons. The quantitative estimate of drug-likeness (QED) is 0.910. The number of para-hydroxylation sites is 1. The van der Waals surface area contributed by atoms with Crippen molar-refractivity contribution in [1.29, 1.82) is 0 Å². The summed E-state index contributed by atoms with van der Waals surface area (Å²) >= 11 is 0. The van der Waals surface area contributed by atoms with Gasteiger partial charge in [-0.25, -0.2) is 0 Å². The number of fused-ring (bicyclic) bond motifs is 1. The smallest absolute Gasteiger partial charge is 0.150 e. The molecule has 3 rings (SSSR count). The summed E-state index contributed by atoms with van der Waals surface area (Å²) in [7, 11) is 1.68. The number of rotatable bonds is 3. The summed E-state index contributed by atoms with van der Waals surface area (Å²) in [5, 5.41) is 3.39. The number of aryl methyl sites for hydroxylation is 1. The largest absolute Gasteiger partial charge is 0.497 e. The van der Waals surface area contributed by atoms with Crippen LogP contribution in [0.4, 0.5) is 5.69 Å². The number of benzene rings is 2. The second kappa shape index (κ2) is 5.66. The predicted octanol–water partition coefficient (Wildman–Crippen LogP) is 2.80. The zero-order chi connectivity index (χ0) is 14.8. The lowest BCUT2D eigenvalue weighted by molar-refractivity contribution is 0.215. The number of hydrogen-bond acceptors (Lipinski definition) is 4. The lowest BCUT2D eigenvalue weighted by atomic mass is 9.98. The molecule has 2 aromatic rings. The van der Waals surface area contributed by atoms with Gasteiger partial charge >= 0.3 is 0 Å². The molecule has 1 aliphatic rings. The molecule has 0 amide bonds. The molecular formula is C17H20N2O2. The Labute approximate surface area is 124 Å². The van der Waals surface area contributed by atoms with Crippen molar-refractivity contribution in [1.82, 2.24) is 0 Å². The van der Waals surface area contributed by atoms with E-state index in [-0.39, 0.29) is 6.10 Å². The average molecular weight is 284 g/mol. The molecular weight excluding hydrogens is 264 g/mol. The van der Waals surface area contributed by atoms with Gasteiger partial charge in [0.05, 0.1) is 19.3 Å². The fourth-order valence-corrected chi connectivity index (χ4v) is 2.64. The topological polar surface area (TPSA) is 56.5 Å². The molecule has 21 heavy (non-hydrogen) atoms. The maximum Gasteiger partial charge on any atom is 0.150 e. The maximum absolute atomic E-state index is 6.06. The van der Waals surface area contributed by atoms with Crippen LogP contribution in [0.15, 0.2) is 36.4 Å². The Morgan fingerprint density at radius 1 is 1.29 bits per heavy atom. The highest BCUT2D eigenvalue weighted by Gasteiger charge is 2.21. The summed E-state index contributed by atoms with van der Waals surface area (Å²) in [6.45, 7) is 3.32. The lowest BCUT2D eigenvalue weighted by Crippen LogP contribution is -2.37. The molecule has 4 nitrogen and oxygen atoms in total. The van der Waals surface area contributed by atoms with Crippen LogP contribution in [0.5, 0.6) is 11.5 Å². The highest BCUT2D eigenvalue weighted by molar-refractivity contribution is 5.80. The van der Waals surface area contributed by atoms with Gasteiger partial charge in [-0.15, -0.1) is 0 Å². The van der Waals surface area contributed by atoms with Gasteiger partial charge < -0.3 is 20.5 Å². The Morgan fingerprint density at radius 2 is 2.14 bits per heavy atom. The van der Waals surface area contributed by atoms with Crippen LogP contribution in [0.25, 0.3) is 11.1 Å². The third-order valence-electron chi connectivity index (χ3n) is 3.81. The average Bonchev–Trinajstić information content (AvgIpc) is 2.53. The molecule has 1 heterocycles. The van der Waals surface area contributed by atoms with Crippen LogP contribution in [-0.2, 0) is 0 Å². The van der Waals surface area contributed by atoms with Gasteiger partial charge in [-0.1, -0.05) is 18.2 Å². The number of anilines is 1. The predicted molar refractivity (Wildman–Crippen MR) is 85.1 cm³/mol. The molecule has 0 fully saturated rings. The first-order valence-corrected chi connectivity index (χ1v) is 7.11. The monoisotopic (exact) mass is 284 g/mol. The standard InChI is InChI=1S/C17H20N2O2/c1-11-8-12(20-2)6-7-14(11)15-4-3-5-16-17(15)21-13(9-18)10-19-16/h3-8,13,19H,9-10,18H2,1-2H3/t13-/m0/s1. The minimum absolute atomic E-state index is 0.0113. The fraction of sp³-hybridized carbons (Fsp3) is 0.294. The Bertz CT molecular complexity index is 655. The van der Waals surface area contributed by atoms with Crippen LogP contribution in [0.3, 0.4) is 0 Å². The second-order valence-electron chi connectivity index (χ2n) is 5.22. The third-order valence-corrected chi connectivity index (χ3v) is 3.81. The van der Waals surface area contributed by atoms with Crippen LogP contribution in [-0.4, -0.2) is 26.3 Å². The van der Waals surface area contributed by atoms with E-state index in [2.05, 4.69) is 24.4 Å². The van der Waals surface area contributed by atoms with Crippen LogP contribution in [0.1, 0.15) is 5.56 Å². The molecule has 3 N–H and O–H groups in total. The summed E-state index contributed by atoms with van der Waals surface area (Å²) in [6, 6.07) is 12.2. The molecule has 2 aromatic carbocycles. The van der Waals surface area contributed by atoms with Gasteiger partial charge in [0.25, 0.3) is 0 Å². The van der Waals surface area contributed by atoms with Gasteiger partial charge in [0.1, 0.15) is 11.9 Å². The third kappa shape index (κ3) is 2.54. The Hall–Kier alpha value is -2.20. The molecule has 0 bridgehead atoms. The molecule has 110 valence electrons. The first-order chi connectivity index (χ1) is 10.2. The van der Waals surface area contributed by atoms with E-state index in [0.717, 1.165) is 40.4 Å². The maximum atomic E-state index is 6.06. The van der Waals surface area contributed by atoms with Gasteiger partial charge in [0.2, 0.25) is 0 Å². The second-order valence-corrected chi connectivity index (χ2v) is 5.22. The van der Waals surface area contributed by atoms with E-state index in [1.165, 1.54) is 0 Å². The summed E-state index contributed by atoms with van der Waals surface area (Å²) in [5.74, 6) is 1.74. The zero-order valence-corrected chi connectivity index (χ0v) is 12.3. The molecule has 0 saturated carbocycles. The van der Waals surface area contributed by atoms with Crippen LogP contribution >= 0.6 is 0 Å². The first-order valence-electron chi connectivity index (χ1n) is 7.11. The molecule has 0 aromatic heterocycles. The summed E-state index contributed by atoms with van der Waals surface area (Å²) < 4.78 is 11.3. The molecule has 0 aliphatic carbocycles. The summed E-state index contributed by atoms with van der Waals surface area (Å²) in [6.07, 6.45) is 0.0113. The van der Waals surface area contributed by atoms with Crippen molar-refractivity contribution in [3.05, 3.63) is 42.0 Å². The molecule has 4 heteroatoms. The van der Waals surface area contributed by atoms with Crippen LogP contribution in [0.2, 0.25) is 0 Å². The summed E-state index contributed by atoms with van der Waals surface area (Å²) in [4.78, 5) is 0. The van der Waals surface area contributed by atoms with Crippen molar-refractivity contribution in [2.24, 2.45) is 5.73 Å². The van der Waals surface area contributed by atoms with Gasteiger partial charge in [-0.2, -0.15) is 0 Å². The number of hydrogen-bond donors (Lipinski definition) is 2. The lowest BCUT2D eigenvalue weighted by Gasteiger charge is -2.28. The van der Waals surface area contributed by atoms with Gasteiger partial charge in [0, 0.05) is 12.1 Å². The summed E-state index contributed by atoms with van der Waals surface area (Å²) in [5.41, 5.74) is 10.1. The fourth-order valence-electron chi connectivity index (χ4n) is 2.64. The SMILES string of the molecule is COc1ccc(-c2cccc3c2O[C@@H](CN)CN3)c(C)c1. The number of ether oxygens (including phenoxy) is 2. The zero-order valence-electron chi connectivity index (χ0n) is 12.3. The van der Waals surface area contributed by atoms with Crippen LogP contribution < -0.4 is 20.5 Å². The highest BCUT2D eigenvalue weighted by atomic mass is 16.5. The first kappa shape index (κ1) is 13.8. The van der Waals surface area contributed by atoms with Crippen molar-refractivity contribution in [2.45, 2.75) is 13.0 Å². The highest BCUT2D eigenvalue weighted by Crippen LogP contribution is 2.40. The van der Waals surface area contributed by atoms with E-state index in [1.54, 1.807) is 7.11 Å². The van der Waals surface area contributed by atoms with Crippen molar-refractivity contribution in [2.75, 3.05) is 25.5 Å². The minimum Gasteiger partial charge on any atom is -0.497 e. The molecule has 1 aliphatic heterocycles. The van der Waals surface area contributed by atoms with E-state index in [4.69, 9.17) is 15.2 Å². The van der Waals surface area contributed by atoms with Crippen molar-refractivity contribution >= 4 is 5.69 Å². The van der Waals surface area contributed by atoms with Crippen LogP contribution in [0, 0.1) is 6.92 Å². The van der Waals surface area contributed by atoms with E-state index in [1.807, 2.05) is 24.3 Å². The van der Waals surface area contributed by atoms with Crippen molar-refractivity contribution < 1.29 is 9.47 Å². The molecule has 0 spiro atoms. The van der Waals surface area contributed by atoms with E-state index in [9.17, 15) is 0 Å². The Morgan fingerprint density at radius 3 is 2.86 bits per heavy atom. The number of nitrogens with one attached hydrogen (secondary N) is 1. The molecule has 1 atom stereocenters. The van der Waals surface area contributed by atoms with Gasteiger partial charge in [-0.3, -0.25) is 0 Å². The number of methoxy groups -OCH3 is 1. The minimum atomic E-state index is 0.0113. The Balaban J connectivity index is 2.07. The van der Waals surface area contributed by atoms with E-state index in [0.29, 0.717) is 6.54 Å². The molecule has 0 saturated heterocycles.